The van der Waals surface area contributed by atoms with Crippen molar-refractivity contribution >= 4 is 0 Å². The number of ether oxygens (including phenoxy) is 2. The number of methoxy groups -OCH3 is 1. The van der Waals surface area contributed by atoms with Crippen molar-refractivity contribution in [2.45, 2.75) is 6.92 Å². The zero-order valence-corrected chi connectivity index (χ0v) is 9.82. The van der Waals surface area contributed by atoms with E-state index in [1.165, 1.54) is 7.11 Å². The summed E-state index contributed by atoms with van der Waals surface area (Å²) in [5.74, 6) is 0.791. The Morgan fingerprint density at radius 2 is 2.18 bits per heavy atom. The summed E-state index contributed by atoms with van der Waals surface area (Å²) in [6, 6.07) is 7.08. The Labute approximate surface area is 100 Å². The monoisotopic (exact) mass is 234 g/mol. The van der Waals surface area contributed by atoms with Crippen molar-refractivity contribution in [3.05, 3.63) is 36.0 Å². The lowest BCUT2D eigenvalue weighted by molar-refractivity contribution is 0.0506. The number of allylic oxidation sites excluding steroid dienone is 1. The van der Waals surface area contributed by atoms with Crippen LogP contribution in [-0.2, 0) is 4.74 Å². The topological polar surface area (TPSA) is 63.5 Å². The molecule has 0 radical (unpaired) electrons. The van der Waals surface area contributed by atoms with E-state index in [1.54, 1.807) is 25.1 Å². The minimum atomic E-state index is 0.0754. The van der Waals surface area contributed by atoms with Crippen LogP contribution < -0.4 is 15.1 Å². The number of hydrogen-bond donors (Lipinski definition) is 1. The van der Waals surface area contributed by atoms with E-state index in [0.717, 1.165) is 0 Å². The Morgan fingerprint density at radius 3 is 2.76 bits per heavy atom. The van der Waals surface area contributed by atoms with Crippen molar-refractivity contribution in [3.8, 4) is 17.6 Å². The van der Waals surface area contributed by atoms with Gasteiger partial charge in [-0.1, -0.05) is 12.6 Å². The average molecular weight is 234 g/mol. The molecule has 5 heteroatoms. The van der Waals surface area contributed by atoms with Crippen LogP contribution in [0.5, 0.6) is 11.5 Å². The number of hydrogen-bond acceptors (Lipinski definition) is 5. The zero-order valence-electron chi connectivity index (χ0n) is 9.82. The van der Waals surface area contributed by atoms with Gasteiger partial charge in [0.2, 0.25) is 0 Å². The van der Waals surface area contributed by atoms with Crippen LogP contribution in [0, 0.1) is 11.3 Å². The normalized spacial score (nSPS) is 9.24. The molecule has 0 unspecified atom stereocenters. The van der Waals surface area contributed by atoms with Crippen LogP contribution in [0.4, 0.5) is 0 Å². The molecular formula is C12H14N2O3. The molecule has 0 aliphatic carbocycles. The second kappa shape index (κ2) is 6.40. The van der Waals surface area contributed by atoms with Gasteiger partial charge in [-0.15, -0.1) is 0 Å². The van der Waals surface area contributed by atoms with Crippen molar-refractivity contribution < 1.29 is 14.3 Å². The predicted molar refractivity (Wildman–Crippen MR) is 62.2 cm³/mol. The van der Waals surface area contributed by atoms with Gasteiger partial charge in [-0.05, 0) is 19.1 Å². The molecule has 0 aromatic heterocycles. The van der Waals surface area contributed by atoms with Gasteiger partial charge in [-0.2, -0.15) is 5.26 Å². The van der Waals surface area contributed by atoms with Gasteiger partial charge in [0.25, 0.3) is 0 Å². The Balaban J connectivity index is 2.90. The van der Waals surface area contributed by atoms with Crippen molar-refractivity contribution in [2.75, 3.05) is 13.9 Å². The zero-order chi connectivity index (χ0) is 12.7. The summed E-state index contributed by atoms with van der Waals surface area (Å²) in [5, 5.41) is 9.06. The van der Waals surface area contributed by atoms with E-state index in [0.29, 0.717) is 22.8 Å². The number of nitrogens with one attached hydrogen (secondary N) is 1. The molecule has 0 fully saturated rings. The van der Waals surface area contributed by atoms with Crippen LogP contribution in [-0.4, -0.2) is 13.9 Å². The lowest BCUT2D eigenvalue weighted by Gasteiger charge is -2.11. The van der Waals surface area contributed by atoms with Crippen LogP contribution in [0.3, 0.4) is 0 Å². The summed E-state index contributed by atoms with van der Waals surface area (Å²) in [6.07, 6.45) is 0. The molecule has 0 amide bonds. The third kappa shape index (κ3) is 3.70. The quantitative estimate of drug-likeness (QED) is 0.602. The largest absolute Gasteiger partial charge is 0.466 e. The minimum Gasteiger partial charge on any atom is -0.466 e. The van der Waals surface area contributed by atoms with E-state index >= 15 is 0 Å². The van der Waals surface area contributed by atoms with E-state index in [9.17, 15) is 0 Å². The van der Waals surface area contributed by atoms with Crippen LogP contribution in [0.1, 0.15) is 12.5 Å². The van der Waals surface area contributed by atoms with Crippen LogP contribution >= 0.6 is 0 Å². The third-order valence-electron chi connectivity index (χ3n) is 1.77. The molecule has 1 aromatic carbocycles. The molecule has 1 N–H and O–H groups in total. The summed E-state index contributed by atoms with van der Waals surface area (Å²) in [6.45, 7) is 5.45. The smallest absolute Gasteiger partial charge is 0.188 e. The molecule has 0 aliphatic rings. The van der Waals surface area contributed by atoms with E-state index in [-0.39, 0.29) is 6.79 Å². The van der Waals surface area contributed by atoms with Gasteiger partial charge in [0.05, 0.1) is 0 Å². The molecule has 90 valence electrons. The highest BCUT2D eigenvalue weighted by Gasteiger charge is 2.10. The van der Waals surface area contributed by atoms with Gasteiger partial charge >= 0.3 is 0 Å². The first-order valence-corrected chi connectivity index (χ1v) is 4.92. The van der Waals surface area contributed by atoms with E-state index < -0.39 is 0 Å². The lowest BCUT2D eigenvalue weighted by Crippen LogP contribution is -2.16. The first kappa shape index (κ1) is 12.9. The van der Waals surface area contributed by atoms with Gasteiger partial charge in [-0.25, -0.2) is 5.48 Å². The number of nitrogens with zero attached hydrogens (tertiary/aromatic N) is 1. The molecule has 0 aliphatic heterocycles. The van der Waals surface area contributed by atoms with Crippen molar-refractivity contribution in [3.63, 3.8) is 0 Å². The van der Waals surface area contributed by atoms with Crippen molar-refractivity contribution in [2.24, 2.45) is 0 Å². The summed E-state index contributed by atoms with van der Waals surface area (Å²) in [5.41, 5.74) is 3.53. The maximum absolute atomic E-state index is 9.06. The fraction of sp³-hybridized carbons (Fsp3) is 0.250. The molecule has 1 rings (SSSR count). The van der Waals surface area contributed by atoms with E-state index in [1.807, 2.05) is 6.07 Å². The van der Waals surface area contributed by atoms with Gasteiger partial charge in [0.1, 0.15) is 17.4 Å². The van der Waals surface area contributed by atoms with Gasteiger partial charge in [0.15, 0.2) is 12.5 Å². The Hall–Kier alpha value is -2.19. The van der Waals surface area contributed by atoms with Crippen molar-refractivity contribution in [1.82, 2.24) is 5.48 Å². The minimum absolute atomic E-state index is 0.0754. The molecule has 1 aromatic rings. The highest BCUT2D eigenvalue weighted by molar-refractivity contribution is 5.52. The Morgan fingerprint density at radius 1 is 1.47 bits per heavy atom. The van der Waals surface area contributed by atoms with Crippen LogP contribution in [0.25, 0.3) is 0 Å². The number of rotatable bonds is 6. The van der Waals surface area contributed by atoms with E-state index in [2.05, 4.69) is 12.1 Å². The maximum Gasteiger partial charge on any atom is 0.188 e. The molecule has 5 nitrogen and oxygen atoms in total. The van der Waals surface area contributed by atoms with Crippen LogP contribution in [0.15, 0.2) is 30.5 Å². The number of nitriles is 1. The van der Waals surface area contributed by atoms with Crippen molar-refractivity contribution in [1.29, 1.82) is 5.26 Å². The fourth-order valence-corrected chi connectivity index (χ4v) is 1.09. The predicted octanol–water partition coefficient (Wildman–Crippen LogP) is 1.96. The molecule has 17 heavy (non-hydrogen) atoms. The Bertz CT molecular complexity index is 438. The van der Waals surface area contributed by atoms with Gasteiger partial charge < -0.3 is 14.3 Å². The number of hydroxylamine groups is 1. The van der Waals surface area contributed by atoms with E-state index in [4.69, 9.17) is 19.6 Å². The molecule has 0 saturated carbocycles. The standard InChI is InChI=1S/C12H14N2O3/c1-9(2)14-17-12-6-4-5-11(10(12)7-13)16-8-15-3/h4-6,14H,1,8H2,2-3H3. The fourth-order valence-electron chi connectivity index (χ4n) is 1.09. The third-order valence-corrected chi connectivity index (χ3v) is 1.77. The number of benzene rings is 1. The second-order valence-corrected chi connectivity index (χ2v) is 3.28. The Kier molecular flexibility index (Phi) is 4.85. The highest BCUT2D eigenvalue weighted by Crippen LogP contribution is 2.27. The SMILES string of the molecule is C=C(C)NOc1cccc(OCOC)c1C#N. The molecular weight excluding hydrogens is 220 g/mol. The van der Waals surface area contributed by atoms with Gasteiger partial charge in [-0.3, -0.25) is 0 Å². The molecule has 0 heterocycles. The average Bonchev–Trinajstić information content (AvgIpc) is 2.33. The lowest BCUT2D eigenvalue weighted by atomic mass is 10.2. The summed E-state index contributed by atoms with van der Waals surface area (Å²) in [7, 11) is 1.51. The molecule has 0 atom stereocenters. The maximum atomic E-state index is 9.06. The first-order chi connectivity index (χ1) is 8.19. The summed E-state index contributed by atoms with van der Waals surface area (Å²) in [4.78, 5) is 5.22. The molecule has 0 spiro atoms. The summed E-state index contributed by atoms with van der Waals surface area (Å²) >= 11 is 0. The summed E-state index contributed by atoms with van der Waals surface area (Å²) < 4.78 is 10.0. The second-order valence-electron chi connectivity index (χ2n) is 3.28. The van der Waals surface area contributed by atoms with Crippen LogP contribution in [0.2, 0.25) is 0 Å². The van der Waals surface area contributed by atoms with Gasteiger partial charge in [0, 0.05) is 12.8 Å². The highest BCUT2D eigenvalue weighted by atomic mass is 16.7. The molecule has 0 bridgehead atoms. The molecule has 0 saturated heterocycles. The first-order valence-electron chi connectivity index (χ1n) is 4.92.